The molecule has 1 aromatic rings. The van der Waals surface area contributed by atoms with E-state index in [1.807, 2.05) is 16.9 Å². The summed E-state index contributed by atoms with van der Waals surface area (Å²) in [6.45, 7) is 6.59. The Hall–Kier alpha value is -1.12. The molecule has 0 spiro atoms. The Morgan fingerprint density at radius 2 is 2.11 bits per heavy atom. The molecule has 0 bridgehead atoms. The third-order valence-corrected chi connectivity index (χ3v) is 4.53. The molecule has 1 unspecified atom stereocenters. The molecule has 0 radical (unpaired) electrons. The maximum Gasteiger partial charge on any atom is 0.141 e. The summed E-state index contributed by atoms with van der Waals surface area (Å²) in [5.41, 5.74) is 0.934. The third kappa shape index (κ3) is 3.68. The van der Waals surface area contributed by atoms with E-state index in [1.165, 1.54) is 12.8 Å². The zero-order valence-electron chi connectivity index (χ0n) is 12.4. The highest BCUT2D eigenvalue weighted by molar-refractivity contribution is 5.82. The average Bonchev–Trinajstić information content (AvgIpc) is 2.87. The molecule has 1 aromatic heterocycles. The highest BCUT2D eigenvalue weighted by atomic mass is 16.1. The molecule has 106 valence electrons. The number of carbonyl (C=O) groups excluding carboxylic acids is 1. The van der Waals surface area contributed by atoms with Crippen LogP contribution in [0.3, 0.4) is 0 Å². The summed E-state index contributed by atoms with van der Waals surface area (Å²) in [5.74, 6) is 1.47. The number of hydrogen-bond donors (Lipinski definition) is 0. The first-order chi connectivity index (χ1) is 9.10. The molecule has 1 heterocycles. The monoisotopic (exact) mass is 262 g/mol. The quantitative estimate of drug-likeness (QED) is 0.809. The molecule has 0 amide bonds. The van der Waals surface area contributed by atoms with Gasteiger partial charge in [-0.25, -0.2) is 0 Å². The van der Waals surface area contributed by atoms with Crippen LogP contribution in [0, 0.1) is 11.8 Å². The summed E-state index contributed by atoms with van der Waals surface area (Å²) in [6.07, 6.45) is 8.14. The number of rotatable bonds is 5. The van der Waals surface area contributed by atoms with Gasteiger partial charge in [0, 0.05) is 18.2 Å². The standard InChI is InChI=1S/C16H26N2O/c1-4-13(3)18-10-9-15(17-18)11-16(19)14-7-5-12(2)6-8-14/h9-10,12-14H,4-8,11H2,1-3H3. The van der Waals surface area contributed by atoms with E-state index in [-0.39, 0.29) is 5.92 Å². The van der Waals surface area contributed by atoms with E-state index in [4.69, 9.17) is 0 Å². The van der Waals surface area contributed by atoms with Gasteiger partial charge in [-0.3, -0.25) is 9.48 Å². The van der Waals surface area contributed by atoms with Crippen LogP contribution in [0.25, 0.3) is 0 Å². The zero-order chi connectivity index (χ0) is 13.8. The Morgan fingerprint density at radius 3 is 2.74 bits per heavy atom. The lowest BCUT2D eigenvalue weighted by atomic mass is 9.80. The highest BCUT2D eigenvalue weighted by Gasteiger charge is 2.24. The second-order valence-electron chi connectivity index (χ2n) is 6.14. The maximum atomic E-state index is 12.3. The van der Waals surface area contributed by atoms with E-state index < -0.39 is 0 Å². The van der Waals surface area contributed by atoms with E-state index in [0.29, 0.717) is 18.2 Å². The van der Waals surface area contributed by atoms with Gasteiger partial charge in [-0.1, -0.05) is 26.7 Å². The number of nitrogens with zero attached hydrogens (tertiary/aromatic N) is 2. The molecule has 0 aliphatic heterocycles. The molecule has 1 aliphatic carbocycles. The summed E-state index contributed by atoms with van der Waals surface area (Å²) in [5, 5.41) is 4.53. The highest BCUT2D eigenvalue weighted by Crippen LogP contribution is 2.29. The Labute approximate surface area is 116 Å². The number of ketones is 1. The molecule has 1 saturated carbocycles. The summed E-state index contributed by atoms with van der Waals surface area (Å²) in [7, 11) is 0. The largest absolute Gasteiger partial charge is 0.299 e. The van der Waals surface area contributed by atoms with Crippen LogP contribution in [0.1, 0.15) is 64.6 Å². The van der Waals surface area contributed by atoms with Crippen LogP contribution in [0.4, 0.5) is 0 Å². The van der Waals surface area contributed by atoms with Crippen LogP contribution >= 0.6 is 0 Å². The van der Waals surface area contributed by atoms with Crippen LogP contribution in [-0.4, -0.2) is 15.6 Å². The van der Waals surface area contributed by atoms with Crippen molar-refractivity contribution < 1.29 is 4.79 Å². The van der Waals surface area contributed by atoms with Crippen molar-refractivity contribution in [2.24, 2.45) is 11.8 Å². The summed E-state index contributed by atoms with van der Waals surface area (Å²) in [4.78, 5) is 12.3. The number of aromatic nitrogens is 2. The molecule has 3 nitrogen and oxygen atoms in total. The summed E-state index contributed by atoms with van der Waals surface area (Å²) < 4.78 is 1.98. The Bertz CT molecular complexity index is 416. The molecule has 1 atom stereocenters. The normalized spacial score (nSPS) is 25.2. The van der Waals surface area contributed by atoms with Crippen LogP contribution in [-0.2, 0) is 11.2 Å². The van der Waals surface area contributed by atoms with Gasteiger partial charge < -0.3 is 0 Å². The Morgan fingerprint density at radius 1 is 1.42 bits per heavy atom. The fourth-order valence-corrected chi connectivity index (χ4v) is 2.81. The van der Waals surface area contributed by atoms with Gasteiger partial charge in [0.05, 0.1) is 12.1 Å². The minimum absolute atomic E-state index is 0.282. The fraction of sp³-hybridized carbons (Fsp3) is 0.750. The minimum Gasteiger partial charge on any atom is -0.299 e. The van der Waals surface area contributed by atoms with Crippen molar-refractivity contribution in [2.45, 2.75) is 65.3 Å². The van der Waals surface area contributed by atoms with Crippen molar-refractivity contribution in [2.75, 3.05) is 0 Å². The molecule has 2 rings (SSSR count). The smallest absolute Gasteiger partial charge is 0.141 e. The second-order valence-corrected chi connectivity index (χ2v) is 6.14. The third-order valence-electron chi connectivity index (χ3n) is 4.53. The number of carbonyl (C=O) groups is 1. The SMILES string of the molecule is CCC(C)n1ccc(CC(=O)C2CCC(C)CC2)n1. The topological polar surface area (TPSA) is 34.9 Å². The van der Waals surface area contributed by atoms with Gasteiger partial charge in [0.25, 0.3) is 0 Å². The van der Waals surface area contributed by atoms with Crippen LogP contribution in [0.5, 0.6) is 0 Å². The second kappa shape index (κ2) is 6.36. The van der Waals surface area contributed by atoms with E-state index >= 15 is 0 Å². The maximum absolute atomic E-state index is 12.3. The molecular weight excluding hydrogens is 236 g/mol. The molecule has 0 saturated heterocycles. The lowest BCUT2D eigenvalue weighted by Crippen LogP contribution is -2.22. The number of hydrogen-bond acceptors (Lipinski definition) is 2. The molecular formula is C16H26N2O. The average molecular weight is 262 g/mol. The van der Waals surface area contributed by atoms with Crippen LogP contribution in [0.15, 0.2) is 12.3 Å². The fourth-order valence-electron chi connectivity index (χ4n) is 2.81. The van der Waals surface area contributed by atoms with Gasteiger partial charge in [0.1, 0.15) is 5.78 Å². The predicted molar refractivity (Wildman–Crippen MR) is 77.1 cm³/mol. The molecule has 1 fully saturated rings. The predicted octanol–water partition coefficient (Wildman–Crippen LogP) is 3.79. The van der Waals surface area contributed by atoms with Crippen LogP contribution in [0.2, 0.25) is 0 Å². The van der Waals surface area contributed by atoms with E-state index in [2.05, 4.69) is 25.9 Å². The van der Waals surface area contributed by atoms with Gasteiger partial charge in [-0.15, -0.1) is 0 Å². The lowest BCUT2D eigenvalue weighted by molar-refractivity contribution is -0.123. The lowest BCUT2D eigenvalue weighted by Gasteiger charge is -2.24. The van der Waals surface area contributed by atoms with Gasteiger partial charge in [0.15, 0.2) is 0 Å². The molecule has 0 aromatic carbocycles. The first-order valence-electron chi connectivity index (χ1n) is 7.66. The first kappa shape index (κ1) is 14.3. The molecule has 3 heteroatoms. The Balaban J connectivity index is 1.90. The zero-order valence-corrected chi connectivity index (χ0v) is 12.4. The van der Waals surface area contributed by atoms with E-state index in [1.54, 1.807) is 0 Å². The van der Waals surface area contributed by atoms with Crippen molar-refractivity contribution in [1.29, 1.82) is 0 Å². The first-order valence-corrected chi connectivity index (χ1v) is 7.66. The van der Waals surface area contributed by atoms with Crippen molar-refractivity contribution in [3.63, 3.8) is 0 Å². The van der Waals surface area contributed by atoms with Gasteiger partial charge >= 0.3 is 0 Å². The summed E-state index contributed by atoms with van der Waals surface area (Å²) in [6, 6.07) is 2.41. The van der Waals surface area contributed by atoms with Gasteiger partial charge in [-0.05, 0) is 38.2 Å². The van der Waals surface area contributed by atoms with E-state index in [9.17, 15) is 4.79 Å². The van der Waals surface area contributed by atoms with Crippen molar-refractivity contribution in [3.05, 3.63) is 18.0 Å². The Kier molecular flexibility index (Phi) is 4.78. The summed E-state index contributed by atoms with van der Waals surface area (Å²) >= 11 is 0. The molecule has 19 heavy (non-hydrogen) atoms. The van der Waals surface area contributed by atoms with E-state index in [0.717, 1.165) is 30.9 Å². The van der Waals surface area contributed by atoms with Gasteiger partial charge in [-0.2, -0.15) is 5.10 Å². The van der Waals surface area contributed by atoms with Crippen molar-refractivity contribution in [3.8, 4) is 0 Å². The van der Waals surface area contributed by atoms with Crippen molar-refractivity contribution in [1.82, 2.24) is 9.78 Å². The number of Topliss-reactive ketones (excluding diaryl/α,β-unsaturated/α-hetero) is 1. The van der Waals surface area contributed by atoms with Crippen molar-refractivity contribution >= 4 is 5.78 Å². The van der Waals surface area contributed by atoms with Crippen LogP contribution < -0.4 is 0 Å². The molecule has 1 aliphatic rings. The molecule has 0 N–H and O–H groups in total. The minimum atomic E-state index is 0.282. The van der Waals surface area contributed by atoms with Gasteiger partial charge in [0.2, 0.25) is 0 Å².